The van der Waals surface area contributed by atoms with Gasteiger partial charge in [-0.05, 0) is 31.4 Å². The van der Waals surface area contributed by atoms with Crippen molar-refractivity contribution in [2.45, 2.75) is 31.3 Å². The lowest BCUT2D eigenvalue weighted by atomic mass is 10.2. The molecule has 2 aliphatic rings. The van der Waals surface area contributed by atoms with E-state index in [9.17, 15) is 0 Å². The van der Waals surface area contributed by atoms with E-state index in [-0.39, 0.29) is 0 Å². The Morgan fingerprint density at radius 1 is 1.28 bits per heavy atom. The summed E-state index contributed by atoms with van der Waals surface area (Å²) in [5.41, 5.74) is 1.20. The van der Waals surface area contributed by atoms with Gasteiger partial charge in [0.15, 0.2) is 0 Å². The van der Waals surface area contributed by atoms with Crippen LogP contribution in [0.5, 0.6) is 5.75 Å². The molecule has 0 amide bonds. The van der Waals surface area contributed by atoms with Crippen molar-refractivity contribution >= 4 is 17.3 Å². The van der Waals surface area contributed by atoms with Crippen molar-refractivity contribution in [1.29, 1.82) is 0 Å². The molecule has 1 N–H and O–H groups in total. The van der Waals surface area contributed by atoms with Crippen molar-refractivity contribution in [1.82, 2.24) is 5.32 Å². The Hall–Kier alpha value is -0.930. The van der Waals surface area contributed by atoms with Crippen LogP contribution in [0.4, 0.5) is 5.69 Å². The number of nitrogens with zero attached hydrogens (tertiary/aromatic N) is 1. The summed E-state index contributed by atoms with van der Waals surface area (Å²) in [5.74, 6) is 0.757. The van der Waals surface area contributed by atoms with Gasteiger partial charge in [-0.25, -0.2) is 0 Å². The highest BCUT2D eigenvalue weighted by Gasteiger charge is 2.29. The number of nitrogens with one attached hydrogen (secondary N) is 1. The lowest BCUT2D eigenvalue weighted by molar-refractivity contribution is 0.415. The van der Waals surface area contributed by atoms with Crippen molar-refractivity contribution in [2.75, 3.05) is 25.1 Å². The highest BCUT2D eigenvalue weighted by atomic mass is 35.5. The van der Waals surface area contributed by atoms with Gasteiger partial charge in [-0.3, -0.25) is 0 Å². The Morgan fingerprint density at radius 2 is 2.11 bits per heavy atom. The average molecular weight is 267 g/mol. The Bertz CT molecular complexity index is 434. The quantitative estimate of drug-likeness (QED) is 0.907. The zero-order chi connectivity index (χ0) is 12.5. The molecule has 0 radical (unpaired) electrons. The summed E-state index contributed by atoms with van der Waals surface area (Å²) in [7, 11) is 1.66. The van der Waals surface area contributed by atoms with E-state index in [4.69, 9.17) is 16.3 Å². The van der Waals surface area contributed by atoms with Crippen LogP contribution in [-0.4, -0.2) is 32.3 Å². The summed E-state index contributed by atoms with van der Waals surface area (Å²) in [6, 6.07) is 7.44. The first-order chi connectivity index (χ1) is 8.76. The molecule has 1 aromatic rings. The molecular weight excluding hydrogens is 248 g/mol. The molecule has 1 heterocycles. The van der Waals surface area contributed by atoms with Gasteiger partial charge < -0.3 is 15.0 Å². The van der Waals surface area contributed by atoms with Crippen LogP contribution in [-0.2, 0) is 0 Å². The van der Waals surface area contributed by atoms with Gasteiger partial charge in [-0.2, -0.15) is 0 Å². The average Bonchev–Trinajstić information content (AvgIpc) is 3.06. The minimum absolute atomic E-state index is 0.638. The smallest absolute Gasteiger partial charge is 0.139 e. The Morgan fingerprint density at radius 3 is 2.83 bits per heavy atom. The minimum atomic E-state index is 0.638. The minimum Gasteiger partial charge on any atom is -0.495 e. The number of halogens is 1. The van der Waals surface area contributed by atoms with Crippen molar-refractivity contribution in [2.24, 2.45) is 0 Å². The first-order valence-corrected chi connectivity index (χ1v) is 6.98. The number of rotatable bonds is 4. The first kappa shape index (κ1) is 12.1. The fourth-order valence-electron chi connectivity index (χ4n) is 2.56. The molecule has 1 atom stereocenters. The topological polar surface area (TPSA) is 24.5 Å². The maximum Gasteiger partial charge on any atom is 0.139 e. The molecule has 98 valence electrons. The molecule has 3 nitrogen and oxygen atoms in total. The van der Waals surface area contributed by atoms with Crippen LogP contribution in [0, 0.1) is 0 Å². The lowest BCUT2D eigenvalue weighted by Crippen LogP contribution is -2.33. The maximum atomic E-state index is 6.05. The van der Waals surface area contributed by atoms with Crippen LogP contribution in [0.1, 0.15) is 19.3 Å². The highest BCUT2D eigenvalue weighted by molar-refractivity contribution is 6.32. The molecule has 18 heavy (non-hydrogen) atoms. The summed E-state index contributed by atoms with van der Waals surface area (Å²) in [6.45, 7) is 2.19. The lowest BCUT2D eigenvalue weighted by Gasteiger charge is -2.20. The molecule has 1 aliphatic carbocycles. The normalized spacial score (nSPS) is 23.4. The zero-order valence-electron chi connectivity index (χ0n) is 10.7. The Balaban J connectivity index is 1.67. The molecule has 0 aromatic heterocycles. The molecule has 1 saturated carbocycles. The van der Waals surface area contributed by atoms with Crippen molar-refractivity contribution in [3.05, 3.63) is 23.2 Å². The number of benzene rings is 1. The molecule has 1 aliphatic heterocycles. The second-order valence-corrected chi connectivity index (χ2v) is 5.60. The molecule has 1 saturated heterocycles. The highest BCUT2D eigenvalue weighted by Crippen LogP contribution is 2.31. The van der Waals surface area contributed by atoms with Crippen molar-refractivity contribution < 1.29 is 4.74 Å². The molecular formula is C14H19ClN2O. The van der Waals surface area contributed by atoms with E-state index < -0.39 is 0 Å². The number of ether oxygens (including phenoxy) is 1. The molecule has 4 heteroatoms. The van der Waals surface area contributed by atoms with Crippen molar-refractivity contribution in [3.8, 4) is 5.75 Å². The maximum absolute atomic E-state index is 6.05. The van der Waals surface area contributed by atoms with E-state index in [0.29, 0.717) is 11.1 Å². The third-order valence-electron chi connectivity index (χ3n) is 3.74. The van der Waals surface area contributed by atoms with Crippen LogP contribution in [0.2, 0.25) is 5.02 Å². The summed E-state index contributed by atoms with van der Waals surface area (Å²) in [6.07, 6.45) is 3.93. The van der Waals surface area contributed by atoms with Crippen LogP contribution >= 0.6 is 11.6 Å². The first-order valence-electron chi connectivity index (χ1n) is 6.61. The molecule has 2 fully saturated rings. The van der Waals surface area contributed by atoms with Gasteiger partial charge in [0, 0.05) is 36.9 Å². The number of hydrogen-bond acceptors (Lipinski definition) is 3. The third-order valence-corrected chi connectivity index (χ3v) is 4.05. The van der Waals surface area contributed by atoms with Crippen LogP contribution < -0.4 is 15.0 Å². The van der Waals surface area contributed by atoms with E-state index in [1.165, 1.54) is 24.9 Å². The second-order valence-electron chi connectivity index (χ2n) is 5.19. The van der Waals surface area contributed by atoms with Gasteiger partial charge in [0.05, 0.1) is 12.1 Å². The molecule has 0 bridgehead atoms. The van der Waals surface area contributed by atoms with E-state index in [2.05, 4.69) is 16.3 Å². The summed E-state index contributed by atoms with van der Waals surface area (Å²) in [4.78, 5) is 2.40. The van der Waals surface area contributed by atoms with E-state index in [0.717, 1.165) is 24.9 Å². The molecule has 1 aromatic carbocycles. The Labute approximate surface area is 113 Å². The SMILES string of the molecule is COc1cc(N2CCC(NC3CC3)C2)ccc1Cl. The third kappa shape index (κ3) is 2.57. The van der Waals surface area contributed by atoms with Gasteiger partial charge >= 0.3 is 0 Å². The van der Waals surface area contributed by atoms with Crippen molar-refractivity contribution in [3.63, 3.8) is 0 Å². The predicted octanol–water partition coefficient (Wildman–Crippen LogP) is 2.68. The monoisotopic (exact) mass is 266 g/mol. The molecule has 3 rings (SSSR count). The summed E-state index contributed by atoms with van der Waals surface area (Å²) < 4.78 is 5.27. The van der Waals surface area contributed by atoms with E-state index >= 15 is 0 Å². The Kier molecular flexibility index (Phi) is 3.35. The van der Waals surface area contributed by atoms with Crippen LogP contribution in [0.25, 0.3) is 0 Å². The van der Waals surface area contributed by atoms with Crippen LogP contribution in [0.3, 0.4) is 0 Å². The molecule has 0 spiro atoms. The second kappa shape index (κ2) is 4.98. The van der Waals surface area contributed by atoms with E-state index in [1.807, 2.05) is 12.1 Å². The predicted molar refractivity (Wildman–Crippen MR) is 74.8 cm³/mol. The molecule has 1 unspecified atom stereocenters. The summed E-state index contributed by atoms with van der Waals surface area (Å²) in [5, 5.41) is 4.37. The van der Waals surface area contributed by atoms with Gasteiger partial charge in [0.2, 0.25) is 0 Å². The largest absolute Gasteiger partial charge is 0.495 e. The van der Waals surface area contributed by atoms with E-state index in [1.54, 1.807) is 7.11 Å². The van der Waals surface area contributed by atoms with Gasteiger partial charge in [0.1, 0.15) is 5.75 Å². The number of hydrogen-bond donors (Lipinski definition) is 1. The number of methoxy groups -OCH3 is 1. The zero-order valence-corrected chi connectivity index (χ0v) is 11.4. The fraction of sp³-hybridized carbons (Fsp3) is 0.571. The van der Waals surface area contributed by atoms with Gasteiger partial charge in [-0.1, -0.05) is 11.6 Å². The van der Waals surface area contributed by atoms with Crippen LogP contribution in [0.15, 0.2) is 18.2 Å². The summed E-state index contributed by atoms with van der Waals surface area (Å²) >= 11 is 6.05. The number of anilines is 1. The van der Waals surface area contributed by atoms with Gasteiger partial charge in [0.25, 0.3) is 0 Å². The standard InChI is InChI=1S/C14H19ClN2O/c1-18-14-8-12(4-5-13(14)15)17-7-6-11(9-17)16-10-2-3-10/h4-5,8,10-11,16H,2-3,6-7,9H2,1H3. The van der Waals surface area contributed by atoms with Gasteiger partial charge in [-0.15, -0.1) is 0 Å². The fourth-order valence-corrected chi connectivity index (χ4v) is 2.75.